The third-order valence-electron chi connectivity index (χ3n) is 12.8. The second kappa shape index (κ2) is 22.4. The number of Topliss-reactive ketones (excluding diaryl/α,β-unsaturated/α-hetero) is 2. The molecule has 0 amide bonds. The summed E-state index contributed by atoms with van der Waals surface area (Å²) >= 11 is 0. The van der Waals surface area contributed by atoms with Crippen molar-refractivity contribution in [3.63, 3.8) is 0 Å². The molecule has 7 heteroatoms. The maximum Gasteiger partial charge on any atom is 0.174 e. The highest BCUT2D eigenvalue weighted by Crippen LogP contribution is 2.43. The van der Waals surface area contributed by atoms with Gasteiger partial charge >= 0.3 is 0 Å². The van der Waals surface area contributed by atoms with Crippen LogP contribution in [-0.4, -0.2) is 66.2 Å². The number of carboxylic acids is 1. The normalized spacial score (nSPS) is 20.5. The number of nitrogens with one attached hydrogen (secondary N) is 1. The maximum absolute atomic E-state index is 13.7. The molecule has 0 spiro atoms. The Morgan fingerprint density at radius 1 is 0.712 bits per heavy atom. The number of aromatic carboxylic acids is 1. The van der Waals surface area contributed by atoms with E-state index in [9.17, 15) is 19.5 Å². The minimum Gasteiger partial charge on any atom is -0.545 e. The van der Waals surface area contributed by atoms with Crippen LogP contribution in [0.1, 0.15) is 155 Å². The van der Waals surface area contributed by atoms with Gasteiger partial charge in [-0.3, -0.25) is 9.59 Å². The first kappa shape index (κ1) is 45.8. The molecule has 1 N–H and O–H groups in total. The van der Waals surface area contributed by atoms with Gasteiger partial charge in [0.15, 0.2) is 11.6 Å². The Hall–Kier alpha value is -4.23. The molecule has 59 heavy (non-hydrogen) atoms. The Kier molecular flexibility index (Phi) is 17.4. The molecule has 4 atom stereocenters. The van der Waals surface area contributed by atoms with E-state index in [1.165, 1.54) is 132 Å². The molecule has 0 bridgehead atoms. The molecule has 0 radical (unpaired) electrons. The fourth-order valence-electron chi connectivity index (χ4n) is 9.18. The number of fused-ring (bicyclic) bond motifs is 4. The summed E-state index contributed by atoms with van der Waals surface area (Å²) < 4.78 is 1.24. The van der Waals surface area contributed by atoms with Crippen LogP contribution in [0, 0.1) is 18.8 Å². The molecule has 0 saturated carbocycles. The Labute approximate surface area is 356 Å². The van der Waals surface area contributed by atoms with Crippen molar-refractivity contribution < 1.29 is 24.0 Å². The number of ketones is 2. The van der Waals surface area contributed by atoms with Crippen LogP contribution < -0.4 is 10.4 Å². The zero-order valence-electron chi connectivity index (χ0n) is 37.2. The lowest BCUT2D eigenvalue weighted by Crippen LogP contribution is -2.51. The second-order valence-corrected chi connectivity index (χ2v) is 18.3. The van der Waals surface area contributed by atoms with Crippen molar-refractivity contribution in [3.05, 3.63) is 112 Å². The lowest BCUT2D eigenvalue weighted by Gasteiger charge is -2.46. The summed E-state index contributed by atoms with van der Waals surface area (Å²) in [4.78, 5) is 40.6. The minimum absolute atomic E-state index is 0.0445. The Bertz CT molecular complexity index is 1830. The summed E-state index contributed by atoms with van der Waals surface area (Å²) in [7, 11) is 4.87. The summed E-state index contributed by atoms with van der Waals surface area (Å²) in [6.07, 6.45) is 33.0. The zero-order valence-corrected chi connectivity index (χ0v) is 37.2. The molecule has 2 aromatic rings. The molecule has 320 valence electrons. The van der Waals surface area contributed by atoms with Crippen LogP contribution in [0.2, 0.25) is 0 Å². The Morgan fingerprint density at radius 2 is 1.29 bits per heavy atom. The summed E-state index contributed by atoms with van der Waals surface area (Å²) in [6.45, 7) is 11.8. The molecule has 6 rings (SSSR count). The number of carbonyl (C=O) groups is 3. The third-order valence-corrected chi connectivity index (χ3v) is 12.8. The summed E-state index contributed by atoms with van der Waals surface area (Å²) in [5, 5.41) is 14.7. The van der Waals surface area contributed by atoms with Crippen molar-refractivity contribution in [2.45, 2.75) is 149 Å². The molecular formula is C52H73N3O4. The number of benzene rings is 2. The number of quaternary nitrogens is 1. The minimum atomic E-state index is -1.22. The maximum atomic E-state index is 13.7. The van der Waals surface area contributed by atoms with Gasteiger partial charge in [0.1, 0.15) is 0 Å². The number of rotatable bonds is 21. The number of hydrogen-bond donors (Lipinski definition) is 1. The van der Waals surface area contributed by atoms with Gasteiger partial charge in [-0.15, -0.1) is 0 Å². The summed E-state index contributed by atoms with van der Waals surface area (Å²) in [6, 6.07) is 11.9. The molecule has 4 unspecified atom stereocenters. The fourth-order valence-corrected chi connectivity index (χ4v) is 9.18. The fraction of sp³-hybridized carbons (Fsp3) is 0.558. The number of carboxylic acid groups (broad SMARTS) is 1. The van der Waals surface area contributed by atoms with E-state index in [0.717, 1.165) is 28.1 Å². The van der Waals surface area contributed by atoms with Crippen molar-refractivity contribution in [2.24, 2.45) is 11.8 Å². The van der Waals surface area contributed by atoms with E-state index in [4.69, 9.17) is 0 Å². The predicted molar refractivity (Wildman–Crippen MR) is 241 cm³/mol. The van der Waals surface area contributed by atoms with Gasteiger partial charge in [-0.25, -0.2) is 0 Å². The van der Waals surface area contributed by atoms with Gasteiger partial charge in [0.2, 0.25) is 0 Å². The summed E-state index contributed by atoms with van der Waals surface area (Å²) in [5.74, 6) is -1.86. The average Bonchev–Trinajstić information content (AvgIpc) is 3.22. The molecule has 4 aliphatic rings. The molecule has 2 heterocycles. The molecule has 1 fully saturated rings. The number of unbranched alkanes of at least 4 members (excludes halogenated alkanes) is 14. The van der Waals surface area contributed by atoms with Crippen molar-refractivity contribution in [1.82, 2.24) is 4.90 Å². The average molecular weight is 804 g/mol. The molecule has 7 nitrogen and oxygen atoms in total. The number of piperidine rings is 1. The van der Waals surface area contributed by atoms with Crippen LogP contribution in [0.15, 0.2) is 89.7 Å². The van der Waals surface area contributed by atoms with E-state index >= 15 is 0 Å². The lowest BCUT2D eigenvalue weighted by molar-refractivity contribution is -0.890. The van der Waals surface area contributed by atoms with Gasteiger partial charge in [0, 0.05) is 29.1 Å². The van der Waals surface area contributed by atoms with Crippen LogP contribution in [0.25, 0.3) is 0 Å². The van der Waals surface area contributed by atoms with Crippen molar-refractivity contribution >= 4 is 23.2 Å². The van der Waals surface area contributed by atoms with Crippen LogP contribution in [0.3, 0.4) is 0 Å². The van der Waals surface area contributed by atoms with Gasteiger partial charge in [-0.05, 0) is 74.9 Å². The Balaban J connectivity index is 0.000000251. The Morgan fingerprint density at radius 3 is 1.86 bits per heavy atom. The number of hydrogen-bond acceptors (Lipinski definition) is 6. The van der Waals surface area contributed by atoms with Crippen LogP contribution in [-0.2, 0) is 11.3 Å². The van der Waals surface area contributed by atoms with Gasteiger partial charge < -0.3 is 24.6 Å². The number of allylic oxidation sites excluding steroid dienone is 3. The number of carbonyl (C=O) groups excluding carboxylic acids is 3. The van der Waals surface area contributed by atoms with Gasteiger partial charge in [0.25, 0.3) is 0 Å². The van der Waals surface area contributed by atoms with Gasteiger partial charge in [0.05, 0.1) is 57.1 Å². The van der Waals surface area contributed by atoms with E-state index in [0.29, 0.717) is 17.7 Å². The van der Waals surface area contributed by atoms with E-state index in [1.54, 1.807) is 12.1 Å². The predicted octanol–water partition coefficient (Wildman–Crippen LogP) is 10.7. The highest BCUT2D eigenvalue weighted by atomic mass is 16.4. The van der Waals surface area contributed by atoms with Crippen molar-refractivity contribution in [2.75, 3.05) is 32.5 Å². The smallest absolute Gasteiger partial charge is 0.174 e. The van der Waals surface area contributed by atoms with Crippen LogP contribution in [0.4, 0.5) is 5.69 Å². The van der Waals surface area contributed by atoms with E-state index in [1.807, 2.05) is 56.4 Å². The lowest BCUT2D eigenvalue weighted by atomic mass is 9.73. The second-order valence-electron chi connectivity index (χ2n) is 18.3. The quantitative estimate of drug-likeness (QED) is 0.0999. The van der Waals surface area contributed by atoms with E-state index in [-0.39, 0.29) is 35.1 Å². The van der Waals surface area contributed by atoms with E-state index in [2.05, 4.69) is 44.2 Å². The first-order valence-electron chi connectivity index (χ1n) is 23.1. The molecule has 2 aliphatic carbocycles. The van der Waals surface area contributed by atoms with Crippen molar-refractivity contribution in [1.29, 1.82) is 0 Å². The molecular weight excluding hydrogens is 731 g/mol. The highest BCUT2D eigenvalue weighted by molar-refractivity contribution is 6.09. The highest BCUT2D eigenvalue weighted by Gasteiger charge is 2.46. The third kappa shape index (κ3) is 12.9. The van der Waals surface area contributed by atoms with Gasteiger partial charge in [-0.1, -0.05) is 151 Å². The first-order valence-corrected chi connectivity index (χ1v) is 23.1. The standard InChI is InChI=1S/C30H26N2O4.C22H48N/c1-16-3-9-24-20(11-16)28(33)21-14-27-23(13-25(21)31-24)29(34)22-12-17(2)4-10-26(22)32(27)15-18-5-7-19(8-6-18)30(35)36;1-5-7-9-11-13-15-17-19-21-23(3,4)22-20-18-16-14-12-10-8-6-2/h3-14,21-22,25-26,31H,15H2,1-2H3,(H,35,36);5-22H2,1-4H3/q;+1/p-1. The number of anilines is 1. The number of likely N-dealkylation sites (tertiary alicyclic amines) is 1. The zero-order chi connectivity index (χ0) is 42.4. The van der Waals surface area contributed by atoms with E-state index < -0.39 is 11.9 Å². The monoisotopic (exact) mass is 804 g/mol. The largest absolute Gasteiger partial charge is 0.545 e. The molecule has 0 aromatic heterocycles. The SMILES string of the molecule is CC1=CC2C(=O)C3=CC4Nc5ccc(C)cc5C(=O)C4C=C3N(Cc3ccc(C(=O)[O-])cc3)C2C=C1.CCCCCCCCCC[N+](C)(C)CCCCCCCCCC. The van der Waals surface area contributed by atoms with Crippen LogP contribution in [0.5, 0.6) is 0 Å². The molecule has 2 aromatic carbocycles. The molecule has 1 saturated heterocycles. The first-order chi connectivity index (χ1) is 28.4. The number of nitrogens with zero attached hydrogens (tertiary/aromatic N) is 2. The molecule has 2 aliphatic heterocycles. The summed E-state index contributed by atoms with van der Waals surface area (Å²) in [5.41, 5.74) is 5.94. The van der Waals surface area contributed by atoms with Gasteiger partial charge in [-0.2, -0.15) is 0 Å². The van der Waals surface area contributed by atoms with Crippen molar-refractivity contribution in [3.8, 4) is 0 Å². The number of aryl methyl sites for hydroxylation is 1. The van der Waals surface area contributed by atoms with Crippen LogP contribution >= 0.6 is 0 Å². The topological polar surface area (TPSA) is 89.5 Å².